The van der Waals surface area contributed by atoms with Crippen molar-refractivity contribution in [3.63, 3.8) is 0 Å². The predicted octanol–water partition coefficient (Wildman–Crippen LogP) is 4.57. The molecule has 8 heteroatoms. The molecule has 27 heavy (non-hydrogen) atoms. The van der Waals surface area contributed by atoms with Gasteiger partial charge in [-0.2, -0.15) is 0 Å². The minimum absolute atomic E-state index is 0.0716. The Morgan fingerprint density at radius 1 is 1.00 bits per heavy atom. The molecular formula is C19H12BrN3O2S2. The Kier molecular flexibility index (Phi) is 3.74. The van der Waals surface area contributed by atoms with Crippen molar-refractivity contribution < 1.29 is 8.42 Å². The van der Waals surface area contributed by atoms with Crippen LogP contribution in [0.25, 0.3) is 28.1 Å². The van der Waals surface area contributed by atoms with Crippen LogP contribution in [0.1, 0.15) is 0 Å². The second-order valence-corrected chi connectivity index (χ2v) is 9.75. The second kappa shape index (κ2) is 5.93. The smallest absolute Gasteiger partial charge is 0.238 e. The number of hydrogen-bond donors (Lipinski definition) is 1. The van der Waals surface area contributed by atoms with Gasteiger partial charge in [-0.1, -0.05) is 52.0 Å². The van der Waals surface area contributed by atoms with E-state index in [0.29, 0.717) is 5.52 Å². The molecule has 0 saturated heterocycles. The number of benzene rings is 3. The Labute approximate surface area is 168 Å². The first-order valence-electron chi connectivity index (χ1n) is 8.04. The second-order valence-electron chi connectivity index (χ2n) is 6.19. The number of aromatic nitrogens is 2. The summed E-state index contributed by atoms with van der Waals surface area (Å²) in [5, 5.41) is 5.38. The molecule has 3 aromatic carbocycles. The van der Waals surface area contributed by atoms with E-state index in [4.69, 9.17) is 10.1 Å². The average Bonchev–Trinajstić information content (AvgIpc) is 3.02. The van der Waals surface area contributed by atoms with Crippen molar-refractivity contribution >= 4 is 48.7 Å². The third-order valence-electron chi connectivity index (χ3n) is 4.43. The first kappa shape index (κ1) is 17.0. The summed E-state index contributed by atoms with van der Waals surface area (Å²) in [5.41, 5.74) is 3.45. The zero-order valence-corrected chi connectivity index (χ0v) is 17.0. The Bertz CT molecular complexity index is 1350. The van der Waals surface area contributed by atoms with Gasteiger partial charge < -0.3 is 0 Å². The van der Waals surface area contributed by atoms with E-state index in [1.807, 2.05) is 48.5 Å². The molecule has 134 valence electrons. The summed E-state index contributed by atoms with van der Waals surface area (Å²) in [7, 11) is -3.83. The summed E-state index contributed by atoms with van der Waals surface area (Å²) >= 11 is 5.04. The number of rotatable bonds is 2. The lowest BCUT2D eigenvalue weighted by Crippen LogP contribution is -2.12. The molecule has 0 aliphatic carbocycles. The molecule has 5 rings (SSSR count). The normalized spacial score (nSPS) is 13.0. The average molecular weight is 458 g/mol. The number of hydrogen-bond acceptors (Lipinski definition) is 4. The maximum Gasteiger partial charge on any atom is 0.238 e. The molecule has 1 aromatic heterocycles. The molecule has 0 saturated carbocycles. The molecule has 2 N–H and O–H groups in total. The van der Waals surface area contributed by atoms with E-state index in [9.17, 15) is 8.42 Å². The SMILES string of the molecule is NS(=O)(=O)c1cc2c3c(c1)nc(-c1cccc(Br)c1)n3-c1ccccc1S2. The Balaban J connectivity index is 1.93. The van der Waals surface area contributed by atoms with Crippen LogP contribution < -0.4 is 5.14 Å². The molecule has 5 nitrogen and oxygen atoms in total. The van der Waals surface area contributed by atoms with E-state index >= 15 is 0 Å². The van der Waals surface area contributed by atoms with Crippen LogP contribution in [-0.4, -0.2) is 18.0 Å². The fraction of sp³-hybridized carbons (Fsp3) is 0. The van der Waals surface area contributed by atoms with Crippen LogP contribution in [0.2, 0.25) is 0 Å². The number of halogens is 1. The Morgan fingerprint density at radius 2 is 1.81 bits per heavy atom. The number of sulfonamides is 1. The monoisotopic (exact) mass is 457 g/mol. The summed E-state index contributed by atoms with van der Waals surface area (Å²) in [4.78, 5) is 6.71. The van der Waals surface area contributed by atoms with Gasteiger partial charge in [0.15, 0.2) is 0 Å². The Morgan fingerprint density at radius 3 is 2.59 bits per heavy atom. The molecule has 0 spiro atoms. The highest BCUT2D eigenvalue weighted by Crippen LogP contribution is 2.45. The van der Waals surface area contributed by atoms with Gasteiger partial charge in [0.05, 0.1) is 21.6 Å². The molecule has 4 aromatic rings. The minimum atomic E-state index is -3.83. The van der Waals surface area contributed by atoms with Crippen molar-refractivity contribution in [2.24, 2.45) is 5.14 Å². The quantitative estimate of drug-likeness (QED) is 0.421. The van der Waals surface area contributed by atoms with Gasteiger partial charge in [-0.15, -0.1) is 0 Å². The van der Waals surface area contributed by atoms with Gasteiger partial charge in [0.1, 0.15) is 5.82 Å². The number of primary sulfonamides is 1. The molecule has 0 amide bonds. The molecule has 0 radical (unpaired) electrons. The first-order valence-corrected chi connectivity index (χ1v) is 11.2. The van der Waals surface area contributed by atoms with Crippen LogP contribution in [0.4, 0.5) is 0 Å². The zero-order chi connectivity index (χ0) is 18.8. The third-order valence-corrected chi connectivity index (χ3v) is 6.91. The minimum Gasteiger partial charge on any atom is -0.290 e. The lowest BCUT2D eigenvalue weighted by atomic mass is 10.2. The van der Waals surface area contributed by atoms with Crippen LogP contribution in [0.3, 0.4) is 0 Å². The van der Waals surface area contributed by atoms with Crippen molar-refractivity contribution in [3.05, 3.63) is 65.1 Å². The number of para-hydroxylation sites is 1. The highest BCUT2D eigenvalue weighted by atomic mass is 79.9. The summed E-state index contributed by atoms with van der Waals surface area (Å²) < 4.78 is 26.9. The highest BCUT2D eigenvalue weighted by molar-refractivity contribution is 9.10. The lowest BCUT2D eigenvalue weighted by molar-refractivity contribution is 0.597. The highest BCUT2D eigenvalue weighted by Gasteiger charge is 2.26. The van der Waals surface area contributed by atoms with Gasteiger partial charge >= 0.3 is 0 Å². The maximum absolute atomic E-state index is 11.9. The fourth-order valence-electron chi connectivity index (χ4n) is 3.29. The van der Waals surface area contributed by atoms with Crippen molar-refractivity contribution in [3.8, 4) is 17.1 Å². The van der Waals surface area contributed by atoms with Gasteiger partial charge in [-0.25, -0.2) is 18.5 Å². The zero-order valence-electron chi connectivity index (χ0n) is 13.8. The number of imidazole rings is 1. The number of fused-ring (bicyclic) bond motifs is 2. The Hall–Kier alpha value is -2.13. The standard InChI is InChI=1S/C19H12BrN3O2S2/c20-12-5-3-4-11(8-12)19-22-14-9-13(27(21,24)25)10-17-18(14)23(19)15-6-1-2-7-16(15)26-17/h1-10H,(H2,21,24,25). The van der Waals surface area contributed by atoms with Gasteiger partial charge in [0.2, 0.25) is 10.0 Å². The molecule has 2 heterocycles. The molecule has 0 fully saturated rings. The van der Waals surface area contributed by atoms with E-state index in [1.54, 1.807) is 12.1 Å². The van der Waals surface area contributed by atoms with Crippen LogP contribution in [-0.2, 0) is 10.0 Å². The van der Waals surface area contributed by atoms with Crippen molar-refractivity contribution in [2.75, 3.05) is 0 Å². The molecule has 0 bridgehead atoms. The molecule has 0 atom stereocenters. The van der Waals surface area contributed by atoms with Crippen LogP contribution in [0.5, 0.6) is 0 Å². The topological polar surface area (TPSA) is 78.0 Å². The molecular weight excluding hydrogens is 446 g/mol. The van der Waals surface area contributed by atoms with Crippen LogP contribution in [0.15, 0.2) is 79.8 Å². The van der Waals surface area contributed by atoms with Crippen molar-refractivity contribution in [1.29, 1.82) is 0 Å². The number of nitrogens with zero attached hydrogens (tertiary/aromatic N) is 2. The lowest BCUT2D eigenvalue weighted by Gasteiger charge is -2.20. The molecule has 1 aliphatic rings. The van der Waals surface area contributed by atoms with Crippen molar-refractivity contribution in [2.45, 2.75) is 14.7 Å². The summed E-state index contributed by atoms with van der Waals surface area (Å²) in [5.74, 6) is 0.756. The van der Waals surface area contributed by atoms with Gasteiger partial charge in [-0.3, -0.25) is 4.57 Å². The maximum atomic E-state index is 11.9. The van der Waals surface area contributed by atoms with Gasteiger partial charge in [0.25, 0.3) is 0 Å². The van der Waals surface area contributed by atoms with Crippen molar-refractivity contribution in [1.82, 2.24) is 9.55 Å². The fourth-order valence-corrected chi connectivity index (χ4v) is 5.45. The summed E-state index contributed by atoms with van der Waals surface area (Å²) in [6.07, 6.45) is 0. The molecule has 0 unspecified atom stereocenters. The van der Waals surface area contributed by atoms with Crippen LogP contribution in [0, 0.1) is 0 Å². The molecule has 1 aliphatic heterocycles. The summed E-state index contributed by atoms with van der Waals surface area (Å²) in [6, 6.07) is 19.1. The van der Waals surface area contributed by atoms with E-state index in [2.05, 4.69) is 20.5 Å². The van der Waals surface area contributed by atoms with Crippen LogP contribution >= 0.6 is 27.7 Å². The van der Waals surface area contributed by atoms with E-state index in [0.717, 1.165) is 36.9 Å². The van der Waals surface area contributed by atoms with E-state index < -0.39 is 10.0 Å². The predicted molar refractivity (Wildman–Crippen MR) is 110 cm³/mol. The van der Waals surface area contributed by atoms with E-state index in [-0.39, 0.29) is 4.90 Å². The largest absolute Gasteiger partial charge is 0.290 e. The first-order chi connectivity index (χ1) is 12.9. The summed E-state index contributed by atoms with van der Waals surface area (Å²) in [6.45, 7) is 0. The van der Waals surface area contributed by atoms with Gasteiger partial charge in [0, 0.05) is 19.8 Å². The third kappa shape index (κ3) is 2.71. The van der Waals surface area contributed by atoms with E-state index in [1.165, 1.54) is 11.8 Å². The number of nitrogens with two attached hydrogens (primary N) is 1. The van der Waals surface area contributed by atoms with Gasteiger partial charge in [-0.05, 0) is 36.4 Å².